The molecule has 14 heavy (non-hydrogen) atoms. The number of thioether (sulfide) groups is 1. The molecule has 3 heteroatoms. The molecule has 1 aliphatic heterocycles. The number of anilines is 1. The standard InChI is InChI=1S/C11H13NOS/c13-8-2-1-3-9-10(8)12-6-11(4-5-11)7-14-9/h1-3,12-13H,4-7H2. The average Bonchev–Trinajstić information content (AvgIpc) is 2.96. The number of hydrogen-bond donors (Lipinski definition) is 2. The highest BCUT2D eigenvalue weighted by Gasteiger charge is 2.43. The third-order valence-corrected chi connectivity index (χ3v) is 4.54. The fourth-order valence-corrected chi connectivity index (χ4v) is 3.22. The molecule has 1 aliphatic carbocycles. The van der Waals surface area contributed by atoms with E-state index in [0.29, 0.717) is 11.2 Å². The number of benzene rings is 1. The second-order valence-electron chi connectivity index (χ2n) is 4.29. The van der Waals surface area contributed by atoms with E-state index in [1.807, 2.05) is 17.8 Å². The number of rotatable bonds is 0. The van der Waals surface area contributed by atoms with Gasteiger partial charge in [-0.15, -0.1) is 11.8 Å². The lowest BCUT2D eigenvalue weighted by Gasteiger charge is -2.11. The quantitative estimate of drug-likeness (QED) is 0.641. The molecule has 2 N–H and O–H groups in total. The highest BCUT2D eigenvalue weighted by Crippen LogP contribution is 2.52. The van der Waals surface area contributed by atoms with Crippen molar-refractivity contribution in [3.8, 4) is 5.75 Å². The zero-order chi connectivity index (χ0) is 9.60. The van der Waals surface area contributed by atoms with Crippen LogP contribution in [0.2, 0.25) is 0 Å². The molecule has 1 fully saturated rings. The Morgan fingerprint density at radius 3 is 3.00 bits per heavy atom. The zero-order valence-corrected chi connectivity index (χ0v) is 8.73. The van der Waals surface area contributed by atoms with Crippen LogP contribution in [0, 0.1) is 5.41 Å². The largest absolute Gasteiger partial charge is 0.506 e. The molecule has 1 aromatic carbocycles. The Labute approximate surface area is 87.7 Å². The molecule has 3 rings (SSSR count). The Hall–Kier alpha value is -0.830. The van der Waals surface area contributed by atoms with E-state index >= 15 is 0 Å². The average molecular weight is 207 g/mol. The van der Waals surface area contributed by atoms with Crippen molar-refractivity contribution in [1.29, 1.82) is 0 Å². The fraction of sp³-hybridized carbons (Fsp3) is 0.455. The smallest absolute Gasteiger partial charge is 0.139 e. The van der Waals surface area contributed by atoms with Gasteiger partial charge in [0, 0.05) is 17.2 Å². The van der Waals surface area contributed by atoms with Crippen LogP contribution in [0.15, 0.2) is 23.1 Å². The predicted molar refractivity (Wildman–Crippen MR) is 59.0 cm³/mol. The molecule has 0 amide bonds. The first kappa shape index (κ1) is 8.48. The van der Waals surface area contributed by atoms with Crippen molar-refractivity contribution in [2.24, 2.45) is 5.41 Å². The zero-order valence-electron chi connectivity index (χ0n) is 7.92. The van der Waals surface area contributed by atoms with Crippen LogP contribution < -0.4 is 5.32 Å². The molecule has 2 nitrogen and oxygen atoms in total. The van der Waals surface area contributed by atoms with E-state index in [-0.39, 0.29) is 0 Å². The van der Waals surface area contributed by atoms with E-state index in [9.17, 15) is 5.11 Å². The Kier molecular flexibility index (Phi) is 1.71. The molecule has 0 bridgehead atoms. The van der Waals surface area contributed by atoms with E-state index in [4.69, 9.17) is 0 Å². The second-order valence-corrected chi connectivity index (χ2v) is 5.31. The second kappa shape index (κ2) is 2.83. The van der Waals surface area contributed by atoms with Gasteiger partial charge in [-0.3, -0.25) is 0 Å². The first-order valence-electron chi connectivity index (χ1n) is 4.98. The van der Waals surface area contributed by atoms with Crippen LogP contribution >= 0.6 is 11.8 Å². The third-order valence-electron chi connectivity index (χ3n) is 3.14. The molecule has 0 radical (unpaired) electrons. The molecular weight excluding hydrogens is 194 g/mol. The van der Waals surface area contributed by atoms with Gasteiger partial charge in [-0.25, -0.2) is 0 Å². The van der Waals surface area contributed by atoms with Crippen molar-refractivity contribution in [3.05, 3.63) is 18.2 Å². The number of fused-ring (bicyclic) bond motifs is 1. The summed E-state index contributed by atoms with van der Waals surface area (Å²) in [5, 5.41) is 13.1. The van der Waals surface area contributed by atoms with E-state index in [1.165, 1.54) is 23.5 Å². The van der Waals surface area contributed by atoms with Gasteiger partial charge < -0.3 is 10.4 Å². The maximum atomic E-state index is 9.70. The van der Waals surface area contributed by atoms with Gasteiger partial charge in [-0.1, -0.05) is 6.07 Å². The van der Waals surface area contributed by atoms with Gasteiger partial charge in [0.1, 0.15) is 5.75 Å². The first-order chi connectivity index (χ1) is 6.79. The molecular formula is C11H13NOS. The summed E-state index contributed by atoms with van der Waals surface area (Å²) in [4.78, 5) is 1.19. The number of hydrogen-bond acceptors (Lipinski definition) is 3. The van der Waals surface area contributed by atoms with Gasteiger partial charge in [0.2, 0.25) is 0 Å². The summed E-state index contributed by atoms with van der Waals surface area (Å²) in [5.41, 5.74) is 1.46. The summed E-state index contributed by atoms with van der Waals surface area (Å²) < 4.78 is 0. The van der Waals surface area contributed by atoms with E-state index in [0.717, 1.165) is 12.2 Å². The van der Waals surface area contributed by atoms with Crippen LogP contribution in [0.4, 0.5) is 5.69 Å². The summed E-state index contributed by atoms with van der Waals surface area (Å²) >= 11 is 1.87. The fourth-order valence-electron chi connectivity index (χ4n) is 1.87. The maximum Gasteiger partial charge on any atom is 0.139 e. The van der Waals surface area contributed by atoms with Crippen molar-refractivity contribution in [1.82, 2.24) is 0 Å². The lowest BCUT2D eigenvalue weighted by atomic mass is 10.1. The number of phenols is 1. The summed E-state index contributed by atoms with van der Waals surface area (Å²) in [6, 6.07) is 5.74. The van der Waals surface area contributed by atoms with Crippen LogP contribution in [0.25, 0.3) is 0 Å². The third kappa shape index (κ3) is 1.27. The van der Waals surface area contributed by atoms with Crippen molar-refractivity contribution in [2.75, 3.05) is 17.6 Å². The number of nitrogens with one attached hydrogen (secondary N) is 1. The van der Waals surface area contributed by atoms with Gasteiger partial charge in [0.25, 0.3) is 0 Å². The first-order valence-corrected chi connectivity index (χ1v) is 5.96. The Balaban J connectivity index is 1.96. The van der Waals surface area contributed by atoms with Crippen LogP contribution in [0.1, 0.15) is 12.8 Å². The summed E-state index contributed by atoms with van der Waals surface area (Å²) in [6.45, 7) is 1.02. The highest BCUT2D eigenvalue weighted by atomic mass is 32.2. The monoisotopic (exact) mass is 207 g/mol. The molecule has 1 heterocycles. The molecule has 1 spiro atoms. The normalized spacial score (nSPS) is 22.3. The molecule has 0 atom stereocenters. The molecule has 1 saturated carbocycles. The van der Waals surface area contributed by atoms with Crippen LogP contribution in [0.5, 0.6) is 5.75 Å². The van der Waals surface area contributed by atoms with E-state index in [2.05, 4.69) is 11.4 Å². The Morgan fingerprint density at radius 1 is 1.36 bits per heavy atom. The molecule has 1 aromatic rings. The molecule has 0 saturated heterocycles. The minimum absolute atomic E-state index is 0.382. The SMILES string of the molecule is Oc1cccc2c1NCC1(CC1)CS2. The maximum absolute atomic E-state index is 9.70. The van der Waals surface area contributed by atoms with Gasteiger partial charge in [0.15, 0.2) is 0 Å². The van der Waals surface area contributed by atoms with Crippen molar-refractivity contribution in [3.63, 3.8) is 0 Å². The van der Waals surface area contributed by atoms with Crippen LogP contribution in [0.3, 0.4) is 0 Å². The van der Waals surface area contributed by atoms with Gasteiger partial charge in [-0.05, 0) is 30.4 Å². The Morgan fingerprint density at radius 2 is 2.21 bits per heavy atom. The van der Waals surface area contributed by atoms with Crippen molar-refractivity contribution in [2.45, 2.75) is 17.7 Å². The summed E-state index contributed by atoms with van der Waals surface area (Å²) in [5.74, 6) is 1.57. The predicted octanol–water partition coefficient (Wildman–Crippen LogP) is 2.69. The number of phenolic OH excluding ortho intramolecular Hbond substituents is 1. The van der Waals surface area contributed by atoms with Crippen LogP contribution in [-0.2, 0) is 0 Å². The number of para-hydroxylation sites is 1. The number of aromatic hydroxyl groups is 1. The molecule has 74 valence electrons. The lowest BCUT2D eigenvalue weighted by Crippen LogP contribution is -2.15. The topological polar surface area (TPSA) is 32.3 Å². The minimum atomic E-state index is 0.382. The van der Waals surface area contributed by atoms with E-state index < -0.39 is 0 Å². The van der Waals surface area contributed by atoms with Crippen molar-refractivity contribution >= 4 is 17.4 Å². The molecule has 0 aromatic heterocycles. The summed E-state index contributed by atoms with van der Waals surface area (Å²) in [7, 11) is 0. The molecule has 2 aliphatic rings. The Bertz CT molecular complexity index is 374. The van der Waals surface area contributed by atoms with Crippen molar-refractivity contribution < 1.29 is 5.11 Å². The van der Waals surface area contributed by atoms with Gasteiger partial charge in [0.05, 0.1) is 5.69 Å². The van der Waals surface area contributed by atoms with Gasteiger partial charge in [-0.2, -0.15) is 0 Å². The minimum Gasteiger partial charge on any atom is -0.506 e. The van der Waals surface area contributed by atoms with Gasteiger partial charge >= 0.3 is 0 Å². The van der Waals surface area contributed by atoms with E-state index in [1.54, 1.807) is 6.07 Å². The molecule has 0 unspecified atom stereocenters. The highest BCUT2D eigenvalue weighted by molar-refractivity contribution is 7.99. The lowest BCUT2D eigenvalue weighted by molar-refractivity contribution is 0.475. The summed E-state index contributed by atoms with van der Waals surface area (Å²) in [6.07, 6.45) is 2.67. The van der Waals surface area contributed by atoms with Crippen LogP contribution in [-0.4, -0.2) is 17.4 Å².